The Morgan fingerprint density at radius 1 is 1.15 bits per heavy atom. The second kappa shape index (κ2) is 5.79. The molecule has 1 rings (SSSR count). The van der Waals surface area contributed by atoms with Gasteiger partial charge in [-0.05, 0) is 30.0 Å². The monoisotopic (exact) mass is 323 g/mol. The van der Waals surface area contributed by atoms with Gasteiger partial charge in [0.15, 0.2) is 0 Å². The van der Waals surface area contributed by atoms with Crippen molar-refractivity contribution in [1.82, 2.24) is 4.72 Å². The van der Waals surface area contributed by atoms with Crippen LogP contribution in [-0.2, 0) is 20.2 Å². The highest BCUT2D eigenvalue weighted by molar-refractivity contribution is 7.89. The zero-order chi connectivity index (χ0) is 15.6. The Balaban J connectivity index is 3.05. The van der Waals surface area contributed by atoms with Gasteiger partial charge in [0.1, 0.15) is 0 Å². The minimum atomic E-state index is -4.93. The van der Waals surface area contributed by atoms with Gasteiger partial charge in [-0.3, -0.25) is 0 Å². The van der Waals surface area contributed by atoms with Crippen LogP contribution < -0.4 is 4.72 Å². The summed E-state index contributed by atoms with van der Waals surface area (Å²) < 4.78 is 61.0. The molecule has 0 saturated carbocycles. The van der Waals surface area contributed by atoms with Gasteiger partial charge in [0, 0.05) is 6.54 Å². The minimum Gasteiger partial charge on any atom is -0.211 e. The van der Waals surface area contributed by atoms with Crippen molar-refractivity contribution < 1.29 is 20.7 Å². The first-order valence-electron chi connectivity index (χ1n) is 6.02. The number of benzene rings is 1. The fourth-order valence-electron chi connectivity index (χ4n) is 1.29. The number of hydrogen-bond donors (Lipinski definition) is 1. The smallest absolute Gasteiger partial charge is 0.211 e. The van der Waals surface area contributed by atoms with Crippen molar-refractivity contribution in [3.8, 4) is 0 Å². The molecule has 0 amide bonds. The van der Waals surface area contributed by atoms with Gasteiger partial charge in [-0.25, -0.2) is 13.1 Å². The van der Waals surface area contributed by atoms with Crippen molar-refractivity contribution in [1.29, 1.82) is 0 Å². The molecule has 0 bridgehead atoms. The lowest BCUT2D eigenvalue weighted by molar-refractivity contribution is 0.350. The van der Waals surface area contributed by atoms with Crippen LogP contribution in [0.5, 0.6) is 0 Å². The average Bonchev–Trinajstić information content (AvgIpc) is 2.36. The van der Waals surface area contributed by atoms with Crippen LogP contribution in [-0.4, -0.2) is 23.4 Å². The van der Waals surface area contributed by atoms with Gasteiger partial charge in [-0.1, -0.05) is 26.8 Å². The van der Waals surface area contributed by atoms with Crippen molar-refractivity contribution in [3.63, 3.8) is 0 Å². The van der Waals surface area contributed by atoms with Crippen LogP contribution in [0.1, 0.15) is 27.2 Å². The number of rotatable bonds is 6. The van der Waals surface area contributed by atoms with Gasteiger partial charge in [0.05, 0.1) is 9.79 Å². The van der Waals surface area contributed by atoms with Crippen molar-refractivity contribution in [3.05, 3.63) is 24.3 Å². The maximum Gasteiger partial charge on any atom is 0.332 e. The van der Waals surface area contributed by atoms with Crippen LogP contribution in [0.25, 0.3) is 0 Å². The molecule has 1 aromatic carbocycles. The molecule has 0 radical (unpaired) electrons. The van der Waals surface area contributed by atoms with E-state index in [2.05, 4.69) is 4.72 Å². The van der Waals surface area contributed by atoms with Crippen molar-refractivity contribution in [2.75, 3.05) is 6.54 Å². The van der Waals surface area contributed by atoms with E-state index in [0.29, 0.717) is 0 Å². The van der Waals surface area contributed by atoms with Gasteiger partial charge < -0.3 is 0 Å². The van der Waals surface area contributed by atoms with Gasteiger partial charge in [0.25, 0.3) is 0 Å². The Kier molecular flexibility index (Phi) is 4.94. The Bertz CT molecular complexity index is 681. The summed E-state index contributed by atoms with van der Waals surface area (Å²) in [5, 5.41) is 0. The molecule has 0 spiro atoms. The standard InChI is InChI=1S/C12H18FNO4S2/c1-4-12(2,3)9-14-20(17,18)11-7-5-6-10(8-11)19(13,15)16/h5-8,14H,4,9H2,1-3H3. The summed E-state index contributed by atoms with van der Waals surface area (Å²) in [6.45, 7) is 5.94. The van der Waals surface area contributed by atoms with E-state index in [1.165, 1.54) is 12.1 Å². The highest BCUT2D eigenvalue weighted by Gasteiger charge is 2.22. The average molecular weight is 323 g/mol. The van der Waals surface area contributed by atoms with Crippen LogP contribution in [0.3, 0.4) is 0 Å². The lowest BCUT2D eigenvalue weighted by atomic mass is 9.91. The van der Waals surface area contributed by atoms with Crippen LogP contribution >= 0.6 is 0 Å². The highest BCUT2D eigenvalue weighted by atomic mass is 32.3. The number of hydrogen-bond acceptors (Lipinski definition) is 4. The van der Waals surface area contributed by atoms with Gasteiger partial charge in [0.2, 0.25) is 10.0 Å². The molecule has 20 heavy (non-hydrogen) atoms. The Morgan fingerprint density at radius 3 is 2.20 bits per heavy atom. The molecular formula is C12H18FNO4S2. The lowest BCUT2D eigenvalue weighted by Gasteiger charge is -2.22. The molecular weight excluding hydrogens is 305 g/mol. The zero-order valence-corrected chi connectivity index (χ0v) is 13.2. The number of sulfonamides is 1. The molecule has 0 aliphatic heterocycles. The molecule has 0 aliphatic rings. The second-order valence-corrected chi connectivity index (χ2v) is 8.37. The van der Waals surface area contributed by atoms with Gasteiger partial charge >= 0.3 is 10.2 Å². The van der Waals surface area contributed by atoms with Crippen LogP contribution in [0.4, 0.5) is 3.89 Å². The van der Waals surface area contributed by atoms with Crippen molar-refractivity contribution in [2.24, 2.45) is 5.41 Å². The predicted octanol–water partition coefficient (Wildman–Crippen LogP) is 2.06. The third kappa shape index (κ3) is 4.53. The molecule has 0 atom stereocenters. The first kappa shape index (κ1) is 17.1. The fraction of sp³-hybridized carbons (Fsp3) is 0.500. The van der Waals surface area contributed by atoms with Crippen molar-refractivity contribution >= 4 is 20.2 Å². The quantitative estimate of drug-likeness (QED) is 0.813. The molecule has 0 heterocycles. The normalized spacial score (nSPS) is 13.4. The maximum absolute atomic E-state index is 12.9. The predicted molar refractivity (Wildman–Crippen MR) is 74.0 cm³/mol. The van der Waals surface area contributed by atoms with Gasteiger partial charge in [-0.15, -0.1) is 3.89 Å². The molecule has 114 valence electrons. The lowest BCUT2D eigenvalue weighted by Crippen LogP contribution is -2.33. The van der Waals surface area contributed by atoms with E-state index in [1.54, 1.807) is 0 Å². The highest BCUT2D eigenvalue weighted by Crippen LogP contribution is 2.21. The summed E-state index contributed by atoms with van der Waals surface area (Å²) in [6, 6.07) is 4.21. The molecule has 1 aromatic rings. The third-order valence-corrected chi connectivity index (χ3v) is 5.31. The summed E-state index contributed by atoms with van der Waals surface area (Å²) in [4.78, 5) is -0.946. The van der Waals surface area contributed by atoms with Crippen LogP contribution in [0.2, 0.25) is 0 Å². The molecule has 0 fully saturated rings. The summed E-state index contributed by atoms with van der Waals surface area (Å²) >= 11 is 0. The number of halogens is 1. The van der Waals surface area contributed by atoms with E-state index in [0.717, 1.165) is 18.6 Å². The maximum atomic E-state index is 12.9. The molecule has 0 aliphatic carbocycles. The van der Waals surface area contributed by atoms with E-state index in [4.69, 9.17) is 0 Å². The zero-order valence-electron chi connectivity index (χ0n) is 11.6. The topological polar surface area (TPSA) is 80.3 Å². The van der Waals surface area contributed by atoms with E-state index >= 15 is 0 Å². The first-order chi connectivity index (χ1) is 8.98. The van der Waals surface area contributed by atoms with Gasteiger partial charge in [-0.2, -0.15) is 8.42 Å². The number of nitrogens with one attached hydrogen (secondary N) is 1. The minimum absolute atomic E-state index is 0.207. The molecule has 8 heteroatoms. The summed E-state index contributed by atoms with van der Waals surface area (Å²) in [7, 11) is -8.79. The molecule has 0 unspecified atom stereocenters. The molecule has 0 saturated heterocycles. The summed E-state index contributed by atoms with van der Waals surface area (Å²) in [6.07, 6.45) is 0.772. The third-order valence-electron chi connectivity index (χ3n) is 3.10. The Labute approximate surface area is 119 Å². The van der Waals surface area contributed by atoms with E-state index in [-0.39, 0.29) is 16.9 Å². The van der Waals surface area contributed by atoms with Crippen LogP contribution in [0.15, 0.2) is 34.1 Å². The molecule has 1 N–H and O–H groups in total. The Morgan fingerprint density at radius 2 is 1.70 bits per heavy atom. The van der Waals surface area contributed by atoms with E-state index in [1.807, 2.05) is 20.8 Å². The molecule has 0 aromatic heterocycles. The fourth-order valence-corrected chi connectivity index (χ4v) is 3.16. The first-order valence-corrected chi connectivity index (χ1v) is 8.89. The Hall–Kier alpha value is -0.990. The van der Waals surface area contributed by atoms with Crippen LogP contribution in [0, 0.1) is 5.41 Å². The van der Waals surface area contributed by atoms with Crippen molar-refractivity contribution in [2.45, 2.75) is 37.0 Å². The SMILES string of the molecule is CCC(C)(C)CNS(=O)(=O)c1cccc(S(=O)(=O)F)c1. The summed E-state index contributed by atoms with van der Waals surface area (Å²) in [5.41, 5.74) is -0.225. The molecule has 5 nitrogen and oxygen atoms in total. The summed E-state index contributed by atoms with van der Waals surface area (Å²) in [5.74, 6) is 0. The van der Waals surface area contributed by atoms with E-state index < -0.39 is 25.1 Å². The largest absolute Gasteiger partial charge is 0.332 e. The van der Waals surface area contributed by atoms with E-state index in [9.17, 15) is 20.7 Å². The second-order valence-electron chi connectivity index (χ2n) is 5.26.